The molecule has 1 saturated heterocycles. The fraction of sp³-hybridized carbons (Fsp3) is 0.667. The second kappa shape index (κ2) is 5.92. The second-order valence-corrected chi connectivity index (χ2v) is 5.62. The van der Waals surface area contributed by atoms with E-state index in [0.29, 0.717) is 0 Å². The maximum atomic E-state index is 11.2. The number of methoxy groups -OCH3 is 1. The van der Waals surface area contributed by atoms with Crippen LogP contribution in [-0.2, 0) is 18.3 Å². The van der Waals surface area contributed by atoms with E-state index in [1.54, 1.807) is 0 Å². The fourth-order valence-electron chi connectivity index (χ4n) is 2.38. The lowest BCUT2D eigenvalue weighted by Crippen LogP contribution is -2.36. The number of rotatable bonds is 3. The van der Waals surface area contributed by atoms with Crippen molar-refractivity contribution in [1.29, 1.82) is 0 Å². The van der Waals surface area contributed by atoms with Crippen LogP contribution in [0.5, 0.6) is 0 Å². The molecule has 0 aliphatic carbocycles. The SMILES string of the molecule is COC(=O)NC1CCN(Cc2c(Br)c(C)nn2C)C1. The van der Waals surface area contributed by atoms with E-state index < -0.39 is 0 Å². The van der Waals surface area contributed by atoms with Crippen LogP contribution in [0.15, 0.2) is 4.47 Å². The first-order chi connectivity index (χ1) is 9.01. The van der Waals surface area contributed by atoms with Crippen LogP contribution in [0.1, 0.15) is 17.8 Å². The molecule has 6 nitrogen and oxygen atoms in total. The van der Waals surface area contributed by atoms with Gasteiger partial charge in [0, 0.05) is 32.7 Å². The van der Waals surface area contributed by atoms with Gasteiger partial charge < -0.3 is 10.1 Å². The van der Waals surface area contributed by atoms with Crippen LogP contribution in [-0.4, -0.2) is 47.0 Å². The van der Waals surface area contributed by atoms with E-state index in [2.05, 4.69) is 36.0 Å². The molecule has 7 heteroatoms. The van der Waals surface area contributed by atoms with Crippen LogP contribution >= 0.6 is 15.9 Å². The fourth-order valence-corrected chi connectivity index (χ4v) is 2.84. The van der Waals surface area contributed by atoms with E-state index in [0.717, 1.165) is 41.9 Å². The predicted molar refractivity (Wildman–Crippen MR) is 74.9 cm³/mol. The predicted octanol–water partition coefficient (Wildman–Crippen LogP) is 1.42. The Morgan fingerprint density at radius 3 is 2.95 bits per heavy atom. The monoisotopic (exact) mass is 330 g/mol. The van der Waals surface area contributed by atoms with Gasteiger partial charge in [0.1, 0.15) is 0 Å². The van der Waals surface area contributed by atoms with Gasteiger partial charge in [0.05, 0.1) is 23.0 Å². The van der Waals surface area contributed by atoms with Gasteiger partial charge in [-0.2, -0.15) is 5.10 Å². The van der Waals surface area contributed by atoms with Crippen molar-refractivity contribution in [2.75, 3.05) is 20.2 Å². The van der Waals surface area contributed by atoms with Crippen molar-refractivity contribution in [2.45, 2.75) is 25.9 Å². The summed E-state index contributed by atoms with van der Waals surface area (Å²) >= 11 is 3.58. The Morgan fingerprint density at radius 1 is 1.63 bits per heavy atom. The van der Waals surface area contributed by atoms with Gasteiger partial charge >= 0.3 is 6.09 Å². The van der Waals surface area contributed by atoms with E-state index in [1.807, 2.05) is 18.7 Å². The number of carbonyl (C=O) groups excluding carboxylic acids is 1. The summed E-state index contributed by atoms with van der Waals surface area (Å²) in [5.41, 5.74) is 2.16. The summed E-state index contributed by atoms with van der Waals surface area (Å²) in [7, 11) is 3.34. The van der Waals surface area contributed by atoms with E-state index in [-0.39, 0.29) is 12.1 Å². The number of nitrogens with zero attached hydrogens (tertiary/aromatic N) is 3. The highest BCUT2D eigenvalue weighted by molar-refractivity contribution is 9.10. The van der Waals surface area contributed by atoms with Crippen molar-refractivity contribution in [3.8, 4) is 0 Å². The average Bonchev–Trinajstić information content (AvgIpc) is 2.90. The summed E-state index contributed by atoms with van der Waals surface area (Å²) in [5.74, 6) is 0. The molecule has 1 atom stereocenters. The average molecular weight is 331 g/mol. The van der Waals surface area contributed by atoms with Crippen LogP contribution in [0.3, 0.4) is 0 Å². The summed E-state index contributed by atoms with van der Waals surface area (Å²) in [6.07, 6.45) is 0.591. The minimum atomic E-state index is -0.357. The van der Waals surface area contributed by atoms with Crippen molar-refractivity contribution >= 4 is 22.0 Å². The number of halogens is 1. The smallest absolute Gasteiger partial charge is 0.407 e. The van der Waals surface area contributed by atoms with Crippen LogP contribution in [0, 0.1) is 6.92 Å². The standard InChI is InChI=1S/C12H19BrN4O2/c1-8-11(13)10(16(2)15-8)7-17-5-4-9(6-17)14-12(18)19-3/h9H,4-7H2,1-3H3,(H,14,18). The summed E-state index contributed by atoms with van der Waals surface area (Å²) in [5, 5.41) is 7.23. The molecule has 1 aromatic rings. The number of ether oxygens (including phenoxy) is 1. The first-order valence-electron chi connectivity index (χ1n) is 6.26. The molecule has 0 saturated carbocycles. The van der Waals surface area contributed by atoms with Gasteiger partial charge in [-0.15, -0.1) is 0 Å². The quantitative estimate of drug-likeness (QED) is 0.910. The molecule has 1 fully saturated rings. The van der Waals surface area contributed by atoms with Gasteiger partial charge in [0.15, 0.2) is 0 Å². The second-order valence-electron chi connectivity index (χ2n) is 4.83. The maximum absolute atomic E-state index is 11.2. The summed E-state index contributed by atoms with van der Waals surface area (Å²) in [6, 6.07) is 0.167. The molecule has 1 amide bonds. The minimum Gasteiger partial charge on any atom is -0.453 e. The number of likely N-dealkylation sites (tertiary alicyclic amines) is 1. The molecule has 19 heavy (non-hydrogen) atoms. The number of carbonyl (C=O) groups is 1. The molecule has 0 bridgehead atoms. The first kappa shape index (κ1) is 14.3. The van der Waals surface area contributed by atoms with Crippen molar-refractivity contribution in [2.24, 2.45) is 7.05 Å². The molecule has 0 aromatic carbocycles. The number of hydrogen-bond acceptors (Lipinski definition) is 4. The number of aryl methyl sites for hydroxylation is 2. The van der Waals surface area contributed by atoms with Gasteiger partial charge in [0.2, 0.25) is 0 Å². The van der Waals surface area contributed by atoms with Crippen LogP contribution in [0.4, 0.5) is 4.79 Å². The topological polar surface area (TPSA) is 59.4 Å². The Bertz CT molecular complexity index is 475. The van der Waals surface area contributed by atoms with Crippen molar-refractivity contribution < 1.29 is 9.53 Å². The number of alkyl carbamates (subject to hydrolysis) is 1. The molecule has 2 heterocycles. The highest BCUT2D eigenvalue weighted by Crippen LogP contribution is 2.23. The van der Waals surface area contributed by atoms with Gasteiger partial charge in [-0.25, -0.2) is 4.79 Å². The summed E-state index contributed by atoms with van der Waals surface area (Å²) in [6.45, 7) is 4.62. The third-order valence-electron chi connectivity index (χ3n) is 3.41. The van der Waals surface area contributed by atoms with Gasteiger partial charge in [-0.3, -0.25) is 9.58 Å². The molecular weight excluding hydrogens is 312 g/mol. The lowest BCUT2D eigenvalue weighted by atomic mass is 10.3. The summed E-state index contributed by atoms with van der Waals surface area (Å²) in [4.78, 5) is 13.5. The first-order valence-corrected chi connectivity index (χ1v) is 7.05. The lowest BCUT2D eigenvalue weighted by molar-refractivity contribution is 0.166. The van der Waals surface area contributed by atoms with Crippen LogP contribution in [0.25, 0.3) is 0 Å². The van der Waals surface area contributed by atoms with Gasteiger partial charge in [-0.1, -0.05) is 0 Å². The summed E-state index contributed by atoms with van der Waals surface area (Å²) < 4.78 is 7.59. The molecule has 106 valence electrons. The zero-order valence-electron chi connectivity index (χ0n) is 11.4. The molecule has 1 aliphatic heterocycles. The Morgan fingerprint density at radius 2 is 2.37 bits per heavy atom. The van der Waals surface area contributed by atoms with Crippen molar-refractivity contribution in [1.82, 2.24) is 20.0 Å². The molecule has 0 spiro atoms. The molecule has 1 unspecified atom stereocenters. The van der Waals surface area contributed by atoms with E-state index >= 15 is 0 Å². The third-order valence-corrected chi connectivity index (χ3v) is 4.45. The highest BCUT2D eigenvalue weighted by Gasteiger charge is 2.25. The Balaban J connectivity index is 1.93. The Kier molecular flexibility index (Phi) is 4.46. The zero-order valence-corrected chi connectivity index (χ0v) is 13.0. The van der Waals surface area contributed by atoms with Crippen LogP contribution < -0.4 is 5.32 Å². The molecule has 1 N–H and O–H groups in total. The van der Waals surface area contributed by atoms with Gasteiger partial charge in [0.25, 0.3) is 0 Å². The number of nitrogens with one attached hydrogen (secondary N) is 1. The highest BCUT2D eigenvalue weighted by atomic mass is 79.9. The third kappa shape index (κ3) is 3.27. The molecule has 2 rings (SSSR count). The lowest BCUT2D eigenvalue weighted by Gasteiger charge is -2.16. The van der Waals surface area contributed by atoms with Gasteiger partial charge in [-0.05, 0) is 29.3 Å². The zero-order chi connectivity index (χ0) is 14.0. The van der Waals surface area contributed by atoms with Crippen molar-refractivity contribution in [3.05, 3.63) is 15.9 Å². The molecule has 0 radical (unpaired) electrons. The molecular formula is C12H19BrN4O2. The van der Waals surface area contributed by atoms with E-state index in [1.165, 1.54) is 7.11 Å². The molecule has 1 aromatic heterocycles. The maximum Gasteiger partial charge on any atom is 0.407 e. The van der Waals surface area contributed by atoms with Crippen molar-refractivity contribution in [3.63, 3.8) is 0 Å². The largest absolute Gasteiger partial charge is 0.453 e. The number of amides is 1. The number of aromatic nitrogens is 2. The Hall–Kier alpha value is -1.08. The Labute approximate surface area is 121 Å². The van der Waals surface area contributed by atoms with Crippen LogP contribution in [0.2, 0.25) is 0 Å². The normalized spacial score (nSPS) is 19.7. The van der Waals surface area contributed by atoms with E-state index in [9.17, 15) is 4.79 Å². The molecule has 1 aliphatic rings. The van der Waals surface area contributed by atoms with E-state index in [4.69, 9.17) is 0 Å². The minimum absolute atomic E-state index is 0.167. The number of hydrogen-bond donors (Lipinski definition) is 1.